The summed E-state index contributed by atoms with van der Waals surface area (Å²) in [5.41, 5.74) is 0.874. The molecule has 0 aliphatic rings. The van der Waals surface area contributed by atoms with Crippen LogP contribution in [0, 0.1) is 0 Å². The summed E-state index contributed by atoms with van der Waals surface area (Å²) in [5.74, 6) is 0.792. The molecular weight excluding hydrogens is 262 g/mol. The fraction of sp³-hybridized carbons (Fsp3) is 0.571. The minimum atomic E-state index is -3.11. The molecule has 0 aliphatic carbocycles. The molecule has 0 saturated carbocycles. The predicted molar refractivity (Wildman–Crippen MR) is 78.3 cm³/mol. The highest BCUT2D eigenvalue weighted by Crippen LogP contribution is 2.26. The van der Waals surface area contributed by atoms with Crippen LogP contribution in [0.15, 0.2) is 24.3 Å². The molecule has 4 nitrogen and oxygen atoms in total. The van der Waals surface area contributed by atoms with Gasteiger partial charge in [0.1, 0.15) is 5.75 Å². The summed E-state index contributed by atoms with van der Waals surface area (Å²) in [6, 6.07) is 7.24. The van der Waals surface area contributed by atoms with E-state index in [4.69, 9.17) is 4.74 Å². The van der Waals surface area contributed by atoms with Crippen LogP contribution in [0.25, 0.3) is 0 Å². The Balaban J connectivity index is 3.02. The summed E-state index contributed by atoms with van der Waals surface area (Å²) < 4.78 is 29.7. The van der Waals surface area contributed by atoms with Crippen LogP contribution in [0.2, 0.25) is 0 Å². The van der Waals surface area contributed by atoms with Gasteiger partial charge in [-0.2, -0.15) is 0 Å². The molecule has 0 amide bonds. The van der Waals surface area contributed by atoms with E-state index in [0.717, 1.165) is 5.56 Å². The van der Waals surface area contributed by atoms with Crippen LogP contribution in [0.3, 0.4) is 0 Å². The molecule has 1 aromatic rings. The van der Waals surface area contributed by atoms with Crippen molar-refractivity contribution >= 4 is 9.84 Å². The normalized spacial score (nSPS) is 14.9. The van der Waals surface area contributed by atoms with E-state index >= 15 is 0 Å². The largest absolute Gasteiger partial charge is 0.496 e. The minimum absolute atomic E-state index is 0.0822. The summed E-state index contributed by atoms with van der Waals surface area (Å²) in [4.78, 5) is 0. The van der Waals surface area contributed by atoms with E-state index in [1.165, 1.54) is 0 Å². The van der Waals surface area contributed by atoms with Gasteiger partial charge >= 0.3 is 0 Å². The van der Waals surface area contributed by atoms with Crippen LogP contribution in [-0.4, -0.2) is 33.6 Å². The molecule has 1 rings (SSSR count). The third kappa shape index (κ3) is 3.94. The van der Waals surface area contributed by atoms with E-state index in [1.807, 2.05) is 31.2 Å². The molecule has 1 N–H and O–H groups in total. The monoisotopic (exact) mass is 285 g/mol. The second-order valence-corrected chi connectivity index (χ2v) is 7.10. The lowest BCUT2D eigenvalue weighted by Gasteiger charge is -2.21. The molecule has 5 heteroatoms. The van der Waals surface area contributed by atoms with Crippen LogP contribution in [-0.2, 0) is 9.84 Å². The number of nitrogens with one attached hydrogen (secondary N) is 1. The second kappa shape index (κ2) is 6.91. The van der Waals surface area contributed by atoms with Crippen LogP contribution in [0.4, 0.5) is 0 Å². The zero-order valence-corrected chi connectivity index (χ0v) is 12.8. The van der Waals surface area contributed by atoms with Crippen molar-refractivity contribution in [1.82, 2.24) is 5.32 Å². The van der Waals surface area contributed by atoms with Crippen molar-refractivity contribution < 1.29 is 13.2 Å². The maximum Gasteiger partial charge on any atom is 0.154 e. The van der Waals surface area contributed by atoms with Crippen molar-refractivity contribution in [3.05, 3.63) is 29.8 Å². The molecule has 108 valence electrons. The standard InChI is InChI=1S/C14H23NO3S/c1-5-11(2)19(16,17)10-13(15-3)12-8-6-7-9-14(12)18-4/h6-9,11,13,15H,5,10H2,1-4H3. The highest BCUT2D eigenvalue weighted by molar-refractivity contribution is 7.92. The Morgan fingerprint density at radius 1 is 1.32 bits per heavy atom. The Morgan fingerprint density at radius 3 is 2.47 bits per heavy atom. The van der Waals surface area contributed by atoms with Gasteiger partial charge < -0.3 is 10.1 Å². The lowest BCUT2D eigenvalue weighted by atomic mass is 10.1. The molecule has 0 heterocycles. The van der Waals surface area contributed by atoms with Crippen LogP contribution >= 0.6 is 0 Å². The van der Waals surface area contributed by atoms with Gasteiger partial charge in [0.05, 0.1) is 18.1 Å². The Morgan fingerprint density at radius 2 is 1.95 bits per heavy atom. The first kappa shape index (κ1) is 16.0. The molecule has 0 radical (unpaired) electrons. The Bertz CT molecular complexity index is 499. The van der Waals surface area contributed by atoms with Gasteiger partial charge in [-0.3, -0.25) is 0 Å². The first-order valence-corrected chi connectivity index (χ1v) is 8.19. The number of ether oxygens (including phenoxy) is 1. The maximum absolute atomic E-state index is 12.2. The number of para-hydroxylation sites is 1. The average molecular weight is 285 g/mol. The molecule has 0 spiro atoms. The summed E-state index contributed by atoms with van der Waals surface area (Å²) in [7, 11) is 0.246. The molecule has 0 fully saturated rings. The molecule has 19 heavy (non-hydrogen) atoms. The Hall–Kier alpha value is -1.07. The van der Waals surface area contributed by atoms with Crippen molar-refractivity contribution in [3.8, 4) is 5.75 Å². The summed E-state index contributed by atoms with van der Waals surface area (Å²) in [5, 5.41) is 2.75. The van der Waals surface area contributed by atoms with E-state index in [-0.39, 0.29) is 17.0 Å². The van der Waals surface area contributed by atoms with E-state index < -0.39 is 9.84 Å². The summed E-state index contributed by atoms with van der Waals surface area (Å²) in [6.45, 7) is 3.64. The SMILES string of the molecule is CCC(C)S(=O)(=O)CC(NC)c1ccccc1OC. The third-order valence-corrected chi connectivity index (χ3v) is 5.81. The number of hydrogen-bond acceptors (Lipinski definition) is 4. The van der Waals surface area contributed by atoms with E-state index in [1.54, 1.807) is 21.1 Å². The third-order valence-electron chi connectivity index (χ3n) is 3.45. The van der Waals surface area contributed by atoms with Crippen LogP contribution in [0.1, 0.15) is 31.9 Å². The Labute approximate surface area is 116 Å². The molecule has 0 bridgehead atoms. The molecular formula is C14H23NO3S. The van der Waals surface area contributed by atoms with Crippen molar-refractivity contribution in [3.63, 3.8) is 0 Å². The van der Waals surface area contributed by atoms with Crippen LogP contribution < -0.4 is 10.1 Å². The van der Waals surface area contributed by atoms with E-state index in [9.17, 15) is 8.42 Å². The predicted octanol–water partition coefficient (Wildman–Crippen LogP) is 2.17. The van der Waals surface area contributed by atoms with Gasteiger partial charge in [-0.05, 0) is 26.5 Å². The number of methoxy groups -OCH3 is 1. The number of benzene rings is 1. The molecule has 0 aliphatic heterocycles. The molecule has 2 unspecified atom stereocenters. The second-order valence-electron chi connectivity index (χ2n) is 4.63. The molecule has 0 aromatic heterocycles. The number of hydrogen-bond donors (Lipinski definition) is 1. The van der Waals surface area contributed by atoms with Gasteiger partial charge in [0.25, 0.3) is 0 Å². The molecule has 1 aromatic carbocycles. The zero-order chi connectivity index (χ0) is 14.5. The highest BCUT2D eigenvalue weighted by Gasteiger charge is 2.25. The van der Waals surface area contributed by atoms with Gasteiger partial charge in [-0.1, -0.05) is 25.1 Å². The molecule has 2 atom stereocenters. The van der Waals surface area contributed by atoms with Crippen molar-refractivity contribution in [2.75, 3.05) is 19.9 Å². The fourth-order valence-corrected chi connectivity index (χ4v) is 3.58. The van der Waals surface area contributed by atoms with Gasteiger partial charge in [0.15, 0.2) is 9.84 Å². The van der Waals surface area contributed by atoms with E-state index in [2.05, 4.69) is 5.32 Å². The Kier molecular flexibility index (Phi) is 5.82. The minimum Gasteiger partial charge on any atom is -0.496 e. The van der Waals surface area contributed by atoms with Gasteiger partial charge in [-0.15, -0.1) is 0 Å². The maximum atomic E-state index is 12.2. The quantitative estimate of drug-likeness (QED) is 0.834. The molecule has 0 saturated heterocycles. The van der Waals surface area contributed by atoms with Crippen molar-refractivity contribution in [1.29, 1.82) is 0 Å². The smallest absolute Gasteiger partial charge is 0.154 e. The van der Waals surface area contributed by atoms with Crippen molar-refractivity contribution in [2.45, 2.75) is 31.6 Å². The summed E-state index contributed by atoms with van der Waals surface area (Å²) in [6.07, 6.45) is 0.630. The lowest BCUT2D eigenvalue weighted by Crippen LogP contribution is -2.30. The van der Waals surface area contributed by atoms with Crippen LogP contribution in [0.5, 0.6) is 5.75 Å². The average Bonchev–Trinajstić information content (AvgIpc) is 2.43. The van der Waals surface area contributed by atoms with Gasteiger partial charge in [0, 0.05) is 11.6 Å². The van der Waals surface area contributed by atoms with E-state index in [0.29, 0.717) is 12.2 Å². The number of sulfone groups is 1. The fourth-order valence-electron chi connectivity index (χ4n) is 1.93. The topological polar surface area (TPSA) is 55.4 Å². The van der Waals surface area contributed by atoms with Crippen molar-refractivity contribution in [2.24, 2.45) is 0 Å². The first-order chi connectivity index (χ1) is 8.96. The number of rotatable bonds is 7. The zero-order valence-electron chi connectivity index (χ0n) is 12.0. The summed E-state index contributed by atoms with van der Waals surface area (Å²) >= 11 is 0. The lowest BCUT2D eigenvalue weighted by molar-refractivity contribution is 0.403. The van der Waals surface area contributed by atoms with Gasteiger partial charge in [0.2, 0.25) is 0 Å². The first-order valence-electron chi connectivity index (χ1n) is 6.48. The van der Waals surface area contributed by atoms with Gasteiger partial charge in [-0.25, -0.2) is 8.42 Å². The highest BCUT2D eigenvalue weighted by atomic mass is 32.2.